The molecule has 14 heteroatoms. The molecule has 0 unspecified atom stereocenters. The van der Waals surface area contributed by atoms with Crippen LogP contribution in [0.3, 0.4) is 0 Å². The average Bonchev–Trinajstić information content (AvgIpc) is 3.51. The molecule has 2 bridgehead atoms. The quantitative estimate of drug-likeness (QED) is 0.180. The van der Waals surface area contributed by atoms with Gasteiger partial charge in [0, 0.05) is 41.6 Å². The highest BCUT2D eigenvalue weighted by Gasteiger charge is 2.70. The fourth-order valence-electron chi connectivity index (χ4n) is 8.72. The molecule has 7 atom stereocenters. The molecule has 0 saturated carbocycles. The van der Waals surface area contributed by atoms with E-state index < -0.39 is 71.7 Å². The molecule has 0 aromatic heterocycles. The third-order valence-corrected chi connectivity index (χ3v) is 11.1. The van der Waals surface area contributed by atoms with Crippen LogP contribution in [-0.4, -0.2) is 87.5 Å². The molecule has 3 aromatic carbocycles. The fourth-order valence-corrected chi connectivity index (χ4v) is 8.72. The highest BCUT2D eigenvalue weighted by molar-refractivity contribution is 5.88. The van der Waals surface area contributed by atoms with Crippen molar-refractivity contribution < 1.29 is 63.0 Å². The second kappa shape index (κ2) is 14.9. The molecule has 7 rings (SSSR count). The molecule has 55 heavy (non-hydrogen) atoms. The van der Waals surface area contributed by atoms with Crippen molar-refractivity contribution in [2.75, 3.05) is 13.6 Å². The Morgan fingerprint density at radius 3 is 2.20 bits per heavy atom. The minimum Gasteiger partial charge on any atom is -0.481 e. The zero-order valence-corrected chi connectivity index (χ0v) is 30.2. The van der Waals surface area contributed by atoms with Gasteiger partial charge in [-0.05, 0) is 44.5 Å². The number of hydrogen-bond acceptors (Lipinski definition) is 13. The summed E-state index contributed by atoms with van der Waals surface area (Å²) in [5.74, 6) is -5.35. The standard InChI is InChI=1S/C41H41NO13/c1-23(44)51-29(38(48)55-35(25-12-7-4-8-13-25)39(49)54-34(37(46)47)24-10-5-3-6-11-24)21-31(45)52-28-16-18-41(50)30-20-26-14-15-27(22-43)33-32(26)40(41,36(28)53-33)17-9-19-42(30)2/h3-8,10-16,29-30,34-36,43,50H,9,17-22H2,1-2H3,(H,46,47)/t29-,30+,34-,35-,36-,40-,41+/m0/s1. The number of rotatable bonds is 12. The topological polar surface area (TPSA) is 195 Å². The second-order valence-corrected chi connectivity index (χ2v) is 14.3. The number of carbonyl (C=O) groups is 5. The number of likely N-dealkylation sites (tertiary alicyclic amines) is 1. The van der Waals surface area contributed by atoms with E-state index in [-0.39, 0.29) is 36.0 Å². The minimum atomic E-state index is -1.88. The zero-order valence-electron chi connectivity index (χ0n) is 30.2. The number of aliphatic carboxylic acids is 1. The molecule has 1 spiro atoms. The summed E-state index contributed by atoms with van der Waals surface area (Å²) in [7, 11) is 1.98. The molecular formula is C41H41NO13. The molecule has 288 valence electrons. The fraction of sp³-hybridized carbons (Fsp3) is 0.390. The van der Waals surface area contributed by atoms with Gasteiger partial charge in [-0.1, -0.05) is 72.8 Å². The number of hydrogen-bond donors (Lipinski definition) is 3. The van der Waals surface area contributed by atoms with Crippen molar-refractivity contribution in [1.29, 1.82) is 0 Å². The average molecular weight is 756 g/mol. The molecule has 2 aliphatic carbocycles. The number of carbonyl (C=O) groups excluding carboxylic acids is 4. The van der Waals surface area contributed by atoms with Gasteiger partial charge in [-0.3, -0.25) is 9.59 Å². The summed E-state index contributed by atoms with van der Waals surface area (Å²) in [5, 5.41) is 32.7. The van der Waals surface area contributed by atoms with Crippen molar-refractivity contribution >= 4 is 29.8 Å². The van der Waals surface area contributed by atoms with Crippen LogP contribution in [0.1, 0.15) is 72.6 Å². The van der Waals surface area contributed by atoms with Gasteiger partial charge in [0.25, 0.3) is 0 Å². The van der Waals surface area contributed by atoms with E-state index in [0.717, 1.165) is 24.6 Å². The van der Waals surface area contributed by atoms with Crippen LogP contribution in [0.5, 0.6) is 5.75 Å². The third-order valence-electron chi connectivity index (χ3n) is 11.1. The lowest BCUT2D eigenvalue weighted by molar-refractivity contribution is -0.185. The Kier molecular flexibility index (Phi) is 10.2. The molecule has 2 aliphatic heterocycles. The van der Waals surface area contributed by atoms with E-state index in [2.05, 4.69) is 4.90 Å². The molecule has 3 N–H and O–H groups in total. The summed E-state index contributed by atoms with van der Waals surface area (Å²) in [6.07, 6.45) is -3.69. The summed E-state index contributed by atoms with van der Waals surface area (Å²) in [5.41, 5.74) is 0.304. The largest absolute Gasteiger partial charge is 0.481 e. The van der Waals surface area contributed by atoms with Crippen LogP contribution >= 0.6 is 0 Å². The van der Waals surface area contributed by atoms with Gasteiger partial charge >= 0.3 is 29.8 Å². The molecule has 1 saturated heterocycles. The second-order valence-electron chi connectivity index (χ2n) is 14.3. The first-order chi connectivity index (χ1) is 26.4. The molecule has 0 radical (unpaired) electrons. The van der Waals surface area contributed by atoms with E-state index in [1.54, 1.807) is 48.5 Å². The van der Waals surface area contributed by atoms with Gasteiger partial charge in [0.15, 0.2) is 6.10 Å². The predicted molar refractivity (Wildman–Crippen MR) is 190 cm³/mol. The van der Waals surface area contributed by atoms with Gasteiger partial charge in [0.05, 0.1) is 24.0 Å². The van der Waals surface area contributed by atoms with Gasteiger partial charge in [-0.15, -0.1) is 0 Å². The van der Waals surface area contributed by atoms with Crippen molar-refractivity contribution in [2.45, 2.75) is 87.1 Å². The van der Waals surface area contributed by atoms with E-state index in [1.165, 1.54) is 24.3 Å². The third kappa shape index (κ3) is 6.64. The number of aliphatic hydroxyl groups excluding tert-OH is 1. The SMILES string of the molecule is CC(=O)O[C@@H](CC(=O)OC1=CC[C@@]2(O)[C@H]3Cc4ccc(CO)c5c4[C@@]2(CCCN3C)[C@H]1O5)C(=O)O[C@H](C(=O)O[C@H](C(=O)O)c1ccccc1)c1ccccc1. The van der Waals surface area contributed by atoms with Gasteiger partial charge in [0.2, 0.25) is 18.3 Å². The lowest BCUT2D eigenvalue weighted by Crippen LogP contribution is -2.69. The molecule has 2 heterocycles. The first-order valence-electron chi connectivity index (χ1n) is 18.0. The van der Waals surface area contributed by atoms with E-state index in [4.69, 9.17) is 23.7 Å². The Morgan fingerprint density at radius 1 is 0.909 bits per heavy atom. The van der Waals surface area contributed by atoms with Crippen LogP contribution < -0.4 is 4.74 Å². The number of aliphatic hydroxyl groups is 2. The monoisotopic (exact) mass is 755 g/mol. The van der Waals surface area contributed by atoms with Crippen molar-refractivity contribution in [2.24, 2.45) is 0 Å². The van der Waals surface area contributed by atoms with Crippen molar-refractivity contribution in [3.05, 3.63) is 112 Å². The zero-order chi connectivity index (χ0) is 39.1. The first-order valence-corrected chi connectivity index (χ1v) is 18.0. The van der Waals surface area contributed by atoms with E-state index >= 15 is 0 Å². The number of benzene rings is 3. The summed E-state index contributed by atoms with van der Waals surface area (Å²) >= 11 is 0. The van der Waals surface area contributed by atoms with Crippen molar-refractivity contribution in [3.8, 4) is 5.75 Å². The molecule has 4 aliphatic rings. The Morgan fingerprint density at radius 2 is 1.56 bits per heavy atom. The lowest BCUT2D eigenvalue weighted by atomic mass is 9.52. The van der Waals surface area contributed by atoms with Crippen molar-refractivity contribution in [3.63, 3.8) is 0 Å². The van der Waals surface area contributed by atoms with Crippen LogP contribution in [0.4, 0.5) is 0 Å². The summed E-state index contributed by atoms with van der Waals surface area (Å²) in [6.45, 7) is 1.44. The Balaban J connectivity index is 1.13. The van der Waals surface area contributed by atoms with Crippen LogP contribution in [0, 0.1) is 0 Å². The highest BCUT2D eigenvalue weighted by atomic mass is 16.6. The maximum atomic E-state index is 13.7. The van der Waals surface area contributed by atoms with E-state index in [1.807, 2.05) is 13.1 Å². The lowest BCUT2D eigenvalue weighted by Gasteiger charge is -2.56. The van der Waals surface area contributed by atoms with E-state index in [0.29, 0.717) is 30.6 Å². The Hall–Kier alpha value is -5.57. The highest BCUT2D eigenvalue weighted by Crippen LogP contribution is 2.64. The van der Waals surface area contributed by atoms with Crippen molar-refractivity contribution in [1.82, 2.24) is 4.90 Å². The molecule has 0 amide bonds. The first kappa shape index (κ1) is 37.7. The van der Waals surface area contributed by atoms with Gasteiger partial charge < -0.3 is 43.9 Å². The number of carboxylic acid groups (broad SMARTS) is 1. The van der Waals surface area contributed by atoms with E-state index in [9.17, 15) is 39.3 Å². The number of esters is 4. The summed E-state index contributed by atoms with van der Waals surface area (Å²) in [6, 6.07) is 18.9. The number of carboxylic acids is 1. The Bertz CT molecular complexity index is 2030. The van der Waals surface area contributed by atoms with Crippen LogP contribution in [0.15, 0.2) is 84.6 Å². The smallest absolute Gasteiger partial charge is 0.353 e. The number of ether oxygens (including phenoxy) is 5. The van der Waals surface area contributed by atoms with Crippen LogP contribution in [0.2, 0.25) is 0 Å². The van der Waals surface area contributed by atoms with Crippen LogP contribution in [0.25, 0.3) is 0 Å². The molecule has 1 fully saturated rings. The van der Waals surface area contributed by atoms with Gasteiger partial charge in [-0.25, -0.2) is 14.4 Å². The maximum absolute atomic E-state index is 13.7. The van der Waals surface area contributed by atoms with Gasteiger partial charge in [-0.2, -0.15) is 0 Å². The molecule has 3 aromatic rings. The summed E-state index contributed by atoms with van der Waals surface area (Å²) in [4.78, 5) is 67.4. The predicted octanol–water partition coefficient (Wildman–Crippen LogP) is 3.37. The maximum Gasteiger partial charge on any atom is 0.353 e. The number of nitrogens with zero attached hydrogens (tertiary/aromatic N) is 1. The summed E-state index contributed by atoms with van der Waals surface area (Å²) < 4.78 is 28.5. The normalized spacial score (nSPS) is 25.1. The number of likely N-dealkylation sites (N-methyl/N-ethyl adjacent to an activating group) is 1. The van der Waals surface area contributed by atoms with Gasteiger partial charge in [0.1, 0.15) is 11.5 Å². The molecule has 14 nitrogen and oxygen atoms in total. The minimum absolute atomic E-state index is 0.104. The Labute approximate surface area is 316 Å². The van der Waals surface area contributed by atoms with Crippen LogP contribution in [-0.2, 0) is 61.4 Å². The molecular weight excluding hydrogens is 714 g/mol.